The predicted molar refractivity (Wildman–Crippen MR) is 256 cm³/mol. The summed E-state index contributed by atoms with van der Waals surface area (Å²) in [5.74, 6) is -0.172. The number of carbonyl (C=O) groups is 1. The minimum atomic E-state index is -4.54. The monoisotopic (exact) mass is 871 g/mol. The molecule has 0 aliphatic rings. The van der Waals surface area contributed by atoms with Gasteiger partial charge in [0, 0.05) is 6.42 Å². The van der Waals surface area contributed by atoms with Gasteiger partial charge in [-0.25, -0.2) is 0 Å². The Labute approximate surface area is 373 Å². The molecule has 0 saturated carbocycles. The lowest BCUT2D eigenvalue weighted by atomic mass is 10.0. The topological polar surface area (TPSA) is 108 Å². The predicted octanol–water partition coefficient (Wildman–Crippen LogP) is 14.5. The van der Waals surface area contributed by atoms with Crippen molar-refractivity contribution < 1.29 is 32.9 Å². The van der Waals surface area contributed by atoms with E-state index in [2.05, 4.69) is 31.3 Å². The zero-order valence-electron chi connectivity index (χ0n) is 40.7. The molecule has 0 saturated heterocycles. The highest BCUT2D eigenvalue weighted by atomic mass is 31.2. The number of amides is 1. The quantitative estimate of drug-likeness (QED) is 0.0273. The fraction of sp³-hybridized carbons (Fsp3) is 0.941. The molecule has 0 rings (SSSR count). The molecule has 0 aromatic carbocycles. The van der Waals surface area contributed by atoms with Crippen molar-refractivity contribution in [2.24, 2.45) is 0 Å². The standard InChI is InChI=1S/C51H103N2O6P/c1-6-8-10-11-12-13-14-15-16-17-18-19-20-21-22-23-24-25-26-27-28-29-30-31-32-33-34-35-36-37-38-39-40-41-43-45-51(55)52-49(50(54)44-42-9-7-2)48-59-60(56,57)58-47-46-53(3,4)5/h17-18,49-50,54H,6-16,19-48H2,1-5H3,(H-,52,55,56,57)/b18-17-. The van der Waals surface area contributed by atoms with Crippen molar-refractivity contribution in [3.8, 4) is 0 Å². The number of carbonyl (C=O) groups excluding carboxylic acids is 1. The second-order valence-corrected chi connectivity index (χ2v) is 20.6. The van der Waals surface area contributed by atoms with Gasteiger partial charge in [0.15, 0.2) is 0 Å². The van der Waals surface area contributed by atoms with Gasteiger partial charge in [0.25, 0.3) is 7.82 Å². The van der Waals surface area contributed by atoms with E-state index in [0.29, 0.717) is 23.9 Å². The summed E-state index contributed by atoms with van der Waals surface area (Å²) in [4.78, 5) is 25.0. The van der Waals surface area contributed by atoms with Crippen LogP contribution in [-0.2, 0) is 18.4 Å². The number of rotatable bonds is 48. The van der Waals surface area contributed by atoms with E-state index in [1.807, 2.05) is 21.1 Å². The van der Waals surface area contributed by atoms with Gasteiger partial charge in [0.1, 0.15) is 13.2 Å². The van der Waals surface area contributed by atoms with E-state index in [9.17, 15) is 19.4 Å². The summed E-state index contributed by atoms with van der Waals surface area (Å²) in [6.07, 6.45) is 52.2. The lowest BCUT2D eigenvalue weighted by Crippen LogP contribution is -2.46. The first-order chi connectivity index (χ1) is 29.0. The largest absolute Gasteiger partial charge is 0.756 e. The second-order valence-electron chi connectivity index (χ2n) is 19.2. The molecular formula is C51H103N2O6P. The number of allylic oxidation sites excluding steroid dienone is 2. The zero-order valence-corrected chi connectivity index (χ0v) is 41.6. The Kier molecular flexibility index (Phi) is 42.9. The smallest absolute Gasteiger partial charge is 0.268 e. The van der Waals surface area contributed by atoms with E-state index in [1.54, 1.807) is 0 Å². The van der Waals surface area contributed by atoms with Gasteiger partial charge >= 0.3 is 0 Å². The highest BCUT2D eigenvalue weighted by Gasteiger charge is 2.24. The molecule has 60 heavy (non-hydrogen) atoms. The van der Waals surface area contributed by atoms with Crippen LogP contribution in [0.2, 0.25) is 0 Å². The first-order valence-electron chi connectivity index (χ1n) is 26.0. The third kappa shape index (κ3) is 45.3. The van der Waals surface area contributed by atoms with Crippen molar-refractivity contribution in [1.82, 2.24) is 5.32 Å². The lowest BCUT2D eigenvalue weighted by molar-refractivity contribution is -0.870. The number of quaternary nitrogens is 1. The van der Waals surface area contributed by atoms with E-state index in [1.165, 1.54) is 193 Å². The molecule has 3 atom stereocenters. The van der Waals surface area contributed by atoms with Crippen LogP contribution in [0.3, 0.4) is 0 Å². The summed E-state index contributed by atoms with van der Waals surface area (Å²) in [7, 11) is 1.31. The van der Waals surface area contributed by atoms with E-state index >= 15 is 0 Å². The molecule has 3 unspecified atom stereocenters. The van der Waals surface area contributed by atoms with Crippen LogP contribution < -0.4 is 10.2 Å². The summed E-state index contributed by atoms with van der Waals surface area (Å²) in [5.41, 5.74) is 0. The number of likely N-dealkylation sites (N-methyl/N-ethyl adjacent to an activating group) is 1. The summed E-state index contributed by atoms with van der Waals surface area (Å²) in [6, 6.07) is -0.791. The summed E-state index contributed by atoms with van der Waals surface area (Å²) < 4.78 is 23.0. The van der Waals surface area contributed by atoms with Crippen molar-refractivity contribution in [1.29, 1.82) is 0 Å². The van der Waals surface area contributed by atoms with Crippen LogP contribution in [0, 0.1) is 0 Å². The minimum absolute atomic E-state index is 0.0132. The van der Waals surface area contributed by atoms with Crippen molar-refractivity contribution in [3.05, 3.63) is 12.2 Å². The van der Waals surface area contributed by atoms with Crippen molar-refractivity contribution in [2.45, 2.75) is 270 Å². The molecule has 0 aliphatic heterocycles. The van der Waals surface area contributed by atoms with Gasteiger partial charge < -0.3 is 28.8 Å². The molecule has 0 radical (unpaired) electrons. The van der Waals surface area contributed by atoms with Crippen molar-refractivity contribution >= 4 is 13.7 Å². The molecule has 0 spiro atoms. The number of phosphoric acid groups is 1. The van der Waals surface area contributed by atoms with Crippen LogP contribution >= 0.6 is 7.82 Å². The Balaban J connectivity index is 3.62. The first-order valence-corrected chi connectivity index (χ1v) is 27.5. The van der Waals surface area contributed by atoms with Crippen molar-refractivity contribution in [3.63, 3.8) is 0 Å². The molecule has 0 fully saturated rings. The second kappa shape index (κ2) is 43.5. The zero-order chi connectivity index (χ0) is 44.3. The highest BCUT2D eigenvalue weighted by Crippen LogP contribution is 2.38. The van der Waals surface area contributed by atoms with Crippen LogP contribution in [0.5, 0.6) is 0 Å². The number of unbranched alkanes of at least 4 members (excludes halogenated alkanes) is 33. The van der Waals surface area contributed by atoms with Gasteiger partial charge in [-0.2, -0.15) is 0 Å². The Morgan fingerprint density at radius 1 is 0.567 bits per heavy atom. The Hall–Kier alpha value is -0.760. The van der Waals surface area contributed by atoms with Gasteiger partial charge in [-0.15, -0.1) is 0 Å². The maximum Gasteiger partial charge on any atom is 0.268 e. The van der Waals surface area contributed by atoms with Crippen LogP contribution in [0.25, 0.3) is 0 Å². The van der Waals surface area contributed by atoms with Crippen LogP contribution in [0.1, 0.15) is 258 Å². The fourth-order valence-corrected chi connectivity index (χ4v) is 8.58. The highest BCUT2D eigenvalue weighted by molar-refractivity contribution is 7.45. The van der Waals surface area contributed by atoms with Gasteiger partial charge in [0.2, 0.25) is 5.91 Å². The summed E-state index contributed by atoms with van der Waals surface area (Å²) in [6.45, 7) is 4.57. The van der Waals surface area contributed by atoms with E-state index in [-0.39, 0.29) is 19.1 Å². The number of aliphatic hydroxyl groups is 1. The molecule has 0 heterocycles. The molecule has 0 bridgehead atoms. The van der Waals surface area contributed by atoms with Gasteiger partial charge in [-0.3, -0.25) is 9.36 Å². The Bertz CT molecular complexity index is 989. The third-order valence-corrected chi connectivity index (χ3v) is 13.0. The van der Waals surface area contributed by atoms with Crippen LogP contribution in [0.4, 0.5) is 0 Å². The molecule has 0 aliphatic carbocycles. The molecule has 0 aromatic heterocycles. The fourth-order valence-electron chi connectivity index (χ4n) is 7.86. The van der Waals surface area contributed by atoms with Gasteiger partial charge in [-0.1, -0.05) is 225 Å². The van der Waals surface area contributed by atoms with Crippen molar-refractivity contribution in [2.75, 3.05) is 40.9 Å². The third-order valence-electron chi connectivity index (χ3n) is 12.0. The lowest BCUT2D eigenvalue weighted by Gasteiger charge is -2.30. The van der Waals surface area contributed by atoms with E-state index < -0.39 is 20.0 Å². The van der Waals surface area contributed by atoms with Gasteiger partial charge in [0.05, 0.1) is 39.9 Å². The average molecular weight is 871 g/mol. The summed E-state index contributed by atoms with van der Waals surface area (Å²) >= 11 is 0. The van der Waals surface area contributed by atoms with Crippen LogP contribution in [-0.4, -0.2) is 68.5 Å². The first kappa shape index (κ1) is 59.2. The van der Waals surface area contributed by atoms with Gasteiger partial charge in [-0.05, 0) is 38.5 Å². The molecule has 0 aromatic rings. The number of aliphatic hydroxyl groups excluding tert-OH is 1. The van der Waals surface area contributed by atoms with E-state index in [0.717, 1.165) is 38.5 Å². The maximum atomic E-state index is 12.7. The number of nitrogens with zero attached hydrogens (tertiary/aromatic N) is 1. The molecular weight excluding hydrogens is 768 g/mol. The molecule has 1 amide bonds. The average Bonchev–Trinajstić information content (AvgIpc) is 3.20. The minimum Gasteiger partial charge on any atom is -0.756 e. The molecule has 9 heteroatoms. The molecule has 358 valence electrons. The van der Waals surface area contributed by atoms with E-state index in [4.69, 9.17) is 9.05 Å². The summed E-state index contributed by atoms with van der Waals surface area (Å²) in [5, 5.41) is 13.6. The number of hydrogen-bond acceptors (Lipinski definition) is 6. The Morgan fingerprint density at radius 2 is 0.917 bits per heavy atom. The maximum absolute atomic E-state index is 12.7. The number of hydrogen-bond donors (Lipinski definition) is 2. The number of phosphoric ester groups is 1. The molecule has 8 nitrogen and oxygen atoms in total. The molecule has 2 N–H and O–H groups in total. The Morgan fingerprint density at radius 3 is 1.30 bits per heavy atom. The van der Waals surface area contributed by atoms with Crippen LogP contribution in [0.15, 0.2) is 12.2 Å². The number of nitrogens with one attached hydrogen (secondary N) is 1. The SMILES string of the molecule is CCCCCCCCCC/C=C\CCCCCCCCCCCCCCCCCCCCCCCCCC(=O)NC(COP(=O)([O-])OCC[N+](C)(C)C)C(O)CCCCC. The normalized spacial score (nSPS) is 14.2.